The van der Waals surface area contributed by atoms with E-state index in [1.807, 2.05) is 66.7 Å². The van der Waals surface area contributed by atoms with E-state index in [0.717, 1.165) is 16.7 Å². The molecule has 0 unspecified atom stereocenters. The van der Waals surface area contributed by atoms with E-state index in [1.165, 1.54) is 6.07 Å². The molecule has 0 radical (unpaired) electrons. The predicted molar refractivity (Wildman–Crippen MR) is 102 cm³/mol. The number of carboxylic acids is 1. The summed E-state index contributed by atoms with van der Waals surface area (Å²) in [4.78, 5) is 15.7. The van der Waals surface area contributed by atoms with Gasteiger partial charge < -0.3 is 9.52 Å². The third-order valence-corrected chi connectivity index (χ3v) is 4.07. The lowest BCUT2D eigenvalue weighted by molar-refractivity contribution is 0.0699. The van der Waals surface area contributed by atoms with Gasteiger partial charge in [0.05, 0.1) is 5.56 Å². The van der Waals surface area contributed by atoms with Gasteiger partial charge in [0.15, 0.2) is 5.58 Å². The minimum atomic E-state index is -1.02. The summed E-state index contributed by atoms with van der Waals surface area (Å²) in [5.74, 6) is -0.607. The van der Waals surface area contributed by atoms with Crippen LogP contribution in [0.25, 0.3) is 34.7 Å². The number of oxazole rings is 1. The average molecular weight is 341 g/mol. The van der Waals surface area contributed by atoms with Crippen molar-refractivity contribution in [1.29, 1.82) is 0 Å². The number of carbonyl (C=O) groups is 1. The van der Waals surface area contributed by atoms with Crippen molar-refractivity contribution in [1.82, 2.24) is 4.98 Å². The Balaban J connectivity index is 1.63. The van der Waals surface area contributed by atoms with E-state index < -0.39 is 5.97 Å². The van der Waals surface area contributed by atoms with Gasteiger partial charge in [0.2, 0.25) is 5.89 Å². The molecule has 0 bridgehead atoms. The van der Waals surface area contributed by atoms with Crippen molar-refractivity contribution >= 4 is 29.2 Å². The SMILES string of the molecule is O=C(O)c1cccc2oc(-c3ccc(/C=C/c4ccccc4)cc3)nc12. The highest BCUT2D eigenvalue weighted by Gasteiger charge is 2.15. The summed E-state index contributed by atoms with van der Waals surface area (Å²) in [6.45, 7) is 0. The first-order valence-electron chi connectivity index (χ1n) is 8.17. The highest BCUT2D eigenvalue weighted by Crippen LogP contribution is 2.26. The van der Waals surface area contributed by atoms with E-state index >= 15 is 0 Å². The number of para-hydroxylation sites is 1. The third kappa shape index (κ3) is 3.13. The van der Waals surface area contributed by atoms with Gasteiger partial charge in [-0.2, -0.15) is 0 Å². The topological polar surface area (TPSA) is 63.3 Å². The number of nitrogens with zero attached hydrogens (tertiary/aromatic N) is 1. The molecular formula is C22H15NO3. The Hall–Kier alpha value is -3.66. The number of carboxylic acid groups (broad SMARTS) is 1. The number of fused-ring (bicyclic) bond motifs is 1. The maximum atomic E-state index is 11.3. The van der Waals surface area contributed by atoms with Crippen LogP contribution in [0.3, 0.4) is 0 Å². The average Bonchev–Trinajstić information content (AvgIpc) is 3.11. The van der Waals surface area contributed by atoms with Crippen LogP contribution < -0.4 is 0 Å². The van der Waals surface area contributed by atoms with Crippen molar-refractivity contribution in [3.63, 3.8) is 0 Å². The summed E-state index contributed by atoms with van der Waals surface area (Å²) in [6.07, 6.45) is 4.08. The second kappa shape index (κ2) is 6.69. The molecule has 0 aliphatic heterocycles. The van der Waals surface area contributed by atoms with Gasteiger partial charge >= 0.3 is 5.97 Å². The molecule has 0 aliphatic rings. The van der Waals surface area contributed by atoms with Gasteiger partial charge in [0.1, 0.15) is 5.52 Å². The first-order valence-corrected chi connectivity index (χ1v) is 8.17. The Labute approximate surface area is 150 Å². The van der Waals surface area contributed by atoms with Gasteiger partial charge in [-0.1, -0.05) is 60.7 Å². The predicted octanol–water partition coefficient (Wildman–Crippen LogP) is 5.36. The van der Waals surface area contributed by atoms with Crippen LogP contribution in [-0.4, -0.2) is 16.1 Å². The number of benzene rings is 3. The van der Waals surface area contributed by atoms with Crippen LogP contribution in [0.5, 0.6) is 0 Å². The summed E-state index contributed by atoms with van der Waals surface area (Å²) in [6, 6.07) is 22.7. The van der Waals surface area contributed by atoms with Gasteiger partial charge in [0, 0.05) is 5.56 Å². The molecule has 0 fully saturated rings. The number of rotatable bonds is 4. The van der Waals surface area contributed by atoms with Gasteiger partial charge in [-0.3, -0.25) is 0 Å². The van der Waals surface area contributed by atoms with E-state index in [2.05, 4.69) is 4.98 Å². The van der Waals surface area contributed by atoms with Crippen LogP contribution in [0.15, 0.2) is 77.2 Å². The second-order valence-electron chi connectivity index (χ2n) is 5.84. The third-order valence-electron chi connectivity index (χ3n) is 4.07. The van der Waals surface area contributed by atoms with Crippen molar-refractivity contribution in [2.24, 2.45) is 0 Å². The fourth-order valence-electron chi connectivity index (χ4n) is 2.74. The van der Waals surface area contributed by atoms with Crippen molar-refractivity contribution in [2.45, 2.75) is 0 Å². The summed E-state index contributed by atoms with van der Waals surface area (Å²) in [5.41, 5.74) is 3.96. The van der Waals surface area contributed by atoms with Gasteiger partial charge in [-0.25, -0.2) is 9.78 Å². The number of aromatic nitrogens is 1. The molecule has 0 atom stereocenters. The largest absolute Gasteiger partial charge is 0.478 e. The molecule has 4 aromatic rings. The molecule has 0 saturated heterocycles. The van der Waals surface area contributed by atoms with Crippen molar-refractivity contribution in [3.05, 3.63) is 89.5 Å². The maximum absolute atomic E-state index is 11.3. The second-order valence-corrected chi connectivity index (χ2v) is 5.84. The van der Waals surface area contributed by atoms with Crippen molar-refractivity contribution < 1.29 is 14.3 Å². The summed E-state index contributed by atoms with van der Waals surface area (Å²) >= 11 is 0. The molecule has 4 heteroatoms. The maximum Gasteiger partial charge on any atom is 0.338 e. The lowest BCUT2D eigenvalue weighted by Crippen LogP contribution is -1.96. The monoisotopic (exact) mass is 341 g/mol. The highest BCUT2D eigenvalue weighted by molar-refractivity contribution is 6.00. The number of hydrogen-bond donors (Lipinski definition) is 1. The first kappa shape index (κ1) is 15.8. The lowest BCUT2D eigenvalue weighted by Gasteiger charge is -1.97. The van der Waals surface area contributed by atoms with E-state index in [-0.39, 0.29) is 5.56 Å². The standard InChI is InChI=1S/C22H15NO3/c24-22(25)18-7-4-8-19-20(18)23-21(26-19)17-13-11-16(12-14-17)10-9-15-5-2-1-3-6-15/h1-14H,(H,24,25)/b10-9+. The quantitative estimate of drug-likeness (QED) is 0.507. The van der Waals surface area contributed by atoms with E-state index in [9.17, 15) is 9.90 Å². The Bertz CT molecular complexity index is 1090. The minimum absolute atomic E-state index is 0.139. The zero-order chi connectivity index (χ0) is 17.9. The smallest absolute Gasteiger partial charge is 0.338 e. The molecule has 0 saturated carbocycles. The van der Waals surface area contributed by atoms with Crippen LogP contribution in [0.4, 0.5) is 0 Å². The fourth-order valence-corrected chi connectivity index (χ4v) is 2.74. The summed E-state index contributed by atoms with van der Waals surface area (Å²) in [7, 11) is 0. The van der Waals surface area contributed by atoms with Crippen molar-refractivity contribution in [3.8, 4) is 11.5 Å². The van der Waals surface area contributed by atoms with Crippen LogP contribution >= 0.6 is 0 Å². The first-order chi connectivity index (χ1) is 12.7. The van der Waals surface area contributed by atoms with E-state index in [1.54, 1.807) is 12.1 Å². The van der Waals surface area contributed by atoms with E-state index in [0.29, 0.717) is 17.0 Å². The van der Waals surface area contributed by atoms with Gasteiger partial charge in [-0.05, 0) is 35.4 Å². The summed E-state index contributed by atoms with van der Waals surface area (Å²) in [5, 5.41) is 9.26. The van der Waals surface area contributed by atoms with Crippen LogP contribution in [-0.2, 0) is 0 Å². The Morgan fingerprint density at radius 2 is 1.54 bits per heavy atom. The Morgan fingerprint density at radius 3 is 2.23 bits per heavy atom. The Morgan fingerprint density at radius 1 is 0.846 bits per heavy atom. The molecule has 1 heterocycles. The normalized spacial score (nSPS) is 11.2. The molecule has 1 aromatic heterocycles. The minimum Gasteiger partial charge on any atom is -0.478 e. The number of aromatic carboxylic acids is 1. The number of hydrogen-bond acceptors (Lipinski definition) is 3. The molecule has 0 aliphatic carbocycles. The van der Waals surface area contributed by atoms with Crippen LogP contribution in [0.2, 0.25) is 0 Å². The molecular weight excluding hydrogens is 326 g/mol. The Kier molecular flexibility index (Phi) is 4.07. The molecule has 4 nitrogen and oxygen atoms in total. The van der Waals surface area contributed by atoms with Gasteiger partial charge in [-0.15, -0.1) is 0 Å². The molecule has 0 amide bonds. The molecule has 0 spiro atoms. The highest BCUT2D eigenvalue weighted by atomic mass is 16.4. The molecule has 3 aromatic carbocycles. The van der Waals surface area contributed by atoms with Crippen molar-refractivity contribution in [2.75, 3.05) is 0 Å². The van der Waals surface area contributed by atoms with Crippen LogP contribution in [0, 0.1) is 0 Å². The van der Waals surface area contributed by atoms with Crippen LogP contribution in [0.1, 0.15) is 21.5 Å². The molecule has 26 heavy (non-hydrogen) atoms. The summed E-state index contributed by atoms with van der Waals surface area (Å²) < 4.78 is 5.72. The zero-order valence-electron chi connectivity index (χ0n) is 13.8. The van der Waals surface area contributed by atoms with Gasteiger partial charge in [0.25, 0.3) is 0 Å². The molecule has 1 N–H and O–H groups in total. The lowest BCUT2D eigenvalue weighted by atomic mass is 10.1. The fraction of sp³-hybridized carbons (Fsp3) is 0. The molecule has 4 rings (SSSR count). The van der Waals surface area contributed by atoms with E-state index in [4.69, 9.17) is 4.42 Å². The zero-order valence-corrected chi connectivity index (χ0v) is 13.8. The molecule has 126 valence electrons.